The van der Waals surface area contributed by atoms with E-state index in [0.717, 1.165) is 22.5 Å². The summed E-state index contributed by atoms with van der Waals surface area (Å²) >= 11 is 0. The van der Waals surface area contributed by atoms with Gasteiger partial charge in [-0.3, -0.25) is 14.2 Å². The van der Waals surface area contributed by atoms with Crippen LogP contribution in [0.15, 0.2) is 36.4 Å². The first-order valence-electron chi connectivity index (χ1n) is 7.38. The topological polar surface area (TPSA) is 64.7 Å². The van der Waals surface area contributed by atoms with Gasteiger partial charge in [0.1, 0.15) is 11.5 Å². The van der Waals surface area contributed by atoms with Crippen LogP contribution in [0.25, 0.3) is 11.1 Å². The molecule has 0 spiro atoms. The van der Waals surface area contributed by atoms with E-state index in [0.29, 0.717) is 11.5 Å². The molecular weight excluding hydrogens is 290 g/mol. The molecule has 118 valence electrons. The second-order valence-electron chi connectivity index (χ2n) is 5.55. The molecule has 1 amide bonds. The lowest BCUT2D eigenvalue weighted by atomic mass is 10.1. The van der Waals surface area contributed by atoms with Crippen LogP contribution in [0.1, 0.15) is 21.9 Å². The van der Waals surface area contributed by atoms with Crippen molar-refractivity contribution < 1.29 is 4.79 Å². The fourth-order valence-electron chi connectivity index (χ4n) is 2.75. The quantitative estimate of drug-likeness (QED) is 0.809. The van der Waals surface area contributed by atoms with Crippen LogP contribution in [0.5, 0.6) is 0 Å². The number of nitrogens with zero attached hydrogens (tertiary/aromatic N) is 4. The standard InChI is InChI=1S/C17H19N5O/c1-11-10-14(21(3)19-11)17(23)18-16-15(12(2)20-22(16)4)13-8-6-5-7-9-13/h5-10H,1-4H3,(H,18,23). The van der Waals surface area contributed by atoms with Crippen molar-refractivity contribution in [3.8, 4) is 11.1 Å². The zero-order chi connectivity index (χ0) is 16.6. The van der Waals surface area contributed by atoms with Crippen molar-refractivity contribution in [1.29, 1.82) is 0 Å². The first kappa shape index (κ1) is 15.0. The molecule has 0 saturated heterocycles. The van der Waals surface area contributed by atoms with E-state index in [1.165, 1.54) is 0 Å². The average molecular weight is 309 g/mol. The summed E-state index contributed by atoms with van der Waals surface area (Å²) in [7, 11) is 3.58. The molecule has 3 rings (SSSR count). The molecule has 0 aliphatic carbocycles. The second-order valence-corrected chi connectivity index (χ2v) is 5.55. The Morgan fingerprint density at radius 2 is 1.74 bits per heavy atom. The molecule has 0 atom stereocenters. The number of hydrogen-bond acceptors (Lipinski definition) is 3. The largest absolute Gasteiger partial charge is 0.305 e. The van der Waals surface area contributed by atoms with Gasteiger partial charge in [0.25, 0.3) is 5.91 Å². The van der Waals surface area contributed by atoms with Crippen molar-refractivity contribution in [3.05, 3.63) is 53.5 Å². The number of anilines is 1. The van der Waals surface area contributed by atoms with Crippen molar-refractivity contribution in [3.63, 3.8) is 0 Å². The summed E-state index contributed by atoms with van der Waals surface area (Å²) in [5.41, 5.74) is 4.15. The lowest BCUT2D eigenvalue weighted by molar-refractivity contribution is 0.101. The number of aromatic nitrogens is 4. The Balaban J connectivity index is 2.01. The Bertz CT molecular complexity index is 861. The van der Waals surface area contributed by atoms with Gasteiger partial charge in [-0.1, -0.05) is 30.3 Å². The van der Waals surface area contributed by atoms with Gasteiger partial charge in [0.05, 0.1) is 11.4 Å². The van der Waals surface area contributed by atoms with Gasteiger partial charge in [-0.15, -0.1) is 0 Å². The summed E-state index contributed by atoms with van der Waals surface area (Å²) in [4.78, 5) is 12.6. The summed E-state index contributed by atoms with van der Waals surface area (Å²) in [6.07, 6.45) is 0. The van der Waals surface area contributed by atoms with Crippen molar-refractivity contribution in [1.82, 2.24) is 19.6 Å². The molecule has 3 aromatic rings. The molecule has 1 N–H and O–H groups in total. The predicted molar refractivity (Wildman–Crippen MR) is 89.3 cm³/mol. The molecule has 0 unspecified atom stereocenters. The van der Waals surface area contributed by atoms with Crippen LogP contribution in [-0.2, 0) is 14.1 Å². The lowest BCUT2D eigenvalue weighted by Crippen LogP contribution is -2.18. The molecular formula is C17H19N5O. The molecule has 6 nitrogen and oxygen atoms in total. The van der Waals surface area contributed by atoms with Crippen molar-refractivity contribution >= 4 is 11.7 Å². The number of carbonyl (C=O) groups is 1. The number of aryl methyl sites for hydroxylation is 4. The van der Waals surface area contributed by atoms with Gasteiger partial charge in [0, 0.05) is 19.7 Å². The highest BCUT2D eigenvalue weighted by Gasteiger charge is 2.19. The number of amides is 1. The van der Waals surface area contributed by atoms with Crippen LogP contribution >= 0.6 is 0 Å². The molecule has 0 aliphatic heterocycles. The molecule has 0 radical (unpaired) electrons. The number of nitrogens with one attached hydrogen (secondary N) is 1. The van der Waals surface area contributed by atoms with Gasteiger partial charge < -0.3 is 5.32 Å². The van der Waals surface area contributed by atoms with Gasteiger partial charge in [-0.05, 0) is 25.5 Å². The molecule has 0 fully saturated rings. The van der Waals surface area contributed by atoms with Crippen LogP contribution in [-0.4, -0.2) is 25.5 Å². The lowest BCUT2D eigenvalue weighted by Gasteiger charge is -2.09. The first-order chi connectivity index (χ1) is 11.0. The van der Waals surface area contributed by atoms with Crippen LogP contribution in [0.3, 0.4) is 0 Å². The van der Waals surface area contributed by atoms with E-state index in [4.69, 9.17) is 0 Å². The number of carbonyl (C=O) groups excluding carboxylic acids is 1. The molecule has 0 aliphatic rings. The second kappa shape index (κ2) is 5.72. The first-order valence-corrected chi connectivity index (χ1v) is 7.38. The van der Waals surface area contributed by atoms with E-state index in [1.54, 1.807) is 22.5 Å². The maximum Gasteiger partial charge on any atom is 0.275 e. The van der Waals surface area contributed by atoms with E-state index in [-0.39, 0.29) is 5.91 Å². The zero-order valence-electron chi connectivity index (χ0n) is 13.7. The highest BCUT2D eigenvalue weighted by atomic mass is 16.2. The van der Waals surface area contributed by atoms with Crippen molar-refractivity contribution in [2.45, 2.75) is 13.8 Å². The Hall–Kier alpha value is -2.89. The minimum absolute atomic E-state index is 0.201. The normalized spacial score (nSPS) is 10.8. The average Bonchev–Trinajstić information content (AvgIpc) is 2.99. The van der Waals surface area contributed by atoms with E-state index in [1.807, 2.05) is 51.2 Å². The Morgan fingerprint density at radius 3 is 2.35 bits per heavy atom. The SMILES string of the molecule is Cc1cc(C(=O)Nc2c(-c3ccccc3)c(C)nn2C)n(C)n1. The summed E-state index contributed by atoms with van der Waals surface area (Å²) in [5, 5.41) is 11.6. The fourth-order valence-corrected chi connectivity index (χ4v) is 2.75. The van der Waals surface area contributed by atoms with E-state index in [9.17, 15) is 4.79 Å². The predicted octanol–water partition coefficient (Wildman–Crippen LogP) is 2.69. The molecule has 0 bridgehead atoms. The highest BCUT2D eigenvalue weighted by Crippen LogP contribution is 2.31. The zero-order valence-corrected chi connectivity index (χ0v) is 13.7. The van der Waals surface area contributed by atoms with Gasteiger partial charge >= 0.3 is 0 Å². The third-order valence-corrected chi connectivity index (χ3v) is 3.75. The third kappa shape index (κ3) is 2.75. The fraction of sp³-hybridized carbons (Fsp3) is 0.235. The monoisotopic (exact) mass is 309 g/mol. The van der Waals surface area contributed by atoms with E-state index < -0.39 is 0 Å². The Kier molecular flexibility index (Phi) is 3.73. The highest BCUT2D eigenvalue weighted by molar-refractivity contribution is 6.04. The summed E-state index contributed by atoms with van der Waals surface area (Å²) in [6, 6.07) is 11.7. The Morgan fingerprint density at radius 1 is 1.04 bits per heavy atom. The van der Waals surface area contributed by atoms with Crippen molar-refractivity contribution in [2.24, 2.45) is 14.1 Å². The van der Waals surface area contributed by atoms with Crippen molar-refractivity contribution in [2.75, 3.05) is 5.32 Å². The van der Waals surface area contributed by atoms with Gasteiger partial charge in [-0.25, -0.2) is 0 Å². The van der Waals surface area contributed by atoms with E-state index in [2.05, 4.69) is 15.5 Å². The minimum Gasteiger partial charge on any atom is -0.305 e. The van der Waals surface area contributed by atoms with Crippen LogP contribution in [0, 0.1) is 13.8 Å². The molecule has 23 heavy (non-hydrogen) atoms. The number of hydrogen-bond donors (Lipinski definition) is 1. The van der Waals surface area contributed by atoms with Crippen LogP contribution in [0.2, 0.25) is 0 Å². The van der Waals surface area contributed by atoms with Gasteiger partial charge in [0.15, 0.2) is 0 Å². The van der Waals surface area contributed by atoms with Gasteiger partial charge in [-0.2, -0.15) is 10.2 Å². The third-order valence-electron chi connectivity index (χ3n) is 3.75. The maximum absolute atomic E-state index is 12.6. The molecule has 1 aromatic carbocycles. The number of rotatable bonds is 3. The van der Waals surface area contributed by atoms with Crippen LogP contribution < -0.4 is 5.32 Å². The summed E-state index contributed by atoms with van der Waals surface area (Å²) in [6.45, 7) is 3.80. The minimum atomic E-state index is -0.201. The molecule has 6 heteroatoms. The molecule has 2 heterocycles. The smallest absolute Gasteiger partial charge is 0.275 e. The molecule has 0 saturated carbocycles. The molecule has 2 aromatic heterocycles. The summed E-state index contributed by atoms with van der Waals surface area (Å²) in [5.74, 6) is 0.478. The summed E-state index contributed by atoms with van der Waals surface area (Å²) < 4.78 is 3.27. The van der Waals surface area contributed by atoms with Crippen LogP contribution in [0.4, 0.5) is 5.82 Å². The maximum atomic E-state index is 12.6. The number of benzene rings is 1. The van der Waals surface area contributed by atoms with Gasteiger partial charge in [0.2, 0.25) is 0 Å². The van der Waals surface area contributed by atoms with E-state index >= 15 is 0 Å². The Labute approximate surface area is 134 Å².